The van der Waals surface area contributed by atoms with E-state index in [2.05, 4.69) is 76.1 Å². The standard InChI is InChI=1S/C10H11N.C8H8BrN.C3H6.CH4/c1-2-8-4-3-5-10-9(8)6-7-11-10;9-7-2-1-3-8-6(7)4-5-10-8;1-3-2;/h2-5,11H,1,6-7H2;1-3,10H,4-5H2;3H,1H2,2H3;1H4. The highest BCUT2D eigenvalue weighted by Crippen LogP contribution is 2.28. The van der Waals surface area contributed by atoms with E-state index in [-0.39, 0.29) is 7.43 Å². The lowest BCUT2D eigenvalue weighted by Crippen LogP contribution is -1.90. The average Bonchev–Trinajstić information content (AvgIpc) is 3.25. The average molecular weight is 401 g/mol. The van der Waals surface area contributed by atoms with Crippen molar-refractivity contribution in [3.05, 3.63) is 76.8 Å². The number of hydrogen-bond donors (Lipinski definition) is 2. The van der Waals surface area contributed by atoms with Crippen LogP contribution in [0.15, 0.2) is 60.1 Å². The third-order valence-corrected chi connectivity index (χ3v) is 4.67. The van der Waals surface area contributed by atoms with E-state index < -0.39 is 0 Å². The molecule has 0 bridgehead atoms. The van der Waals surface area contributed by atoms with Crippen LogP contribution in [-0.2, 0) is 12.8 Å². The van der Waals surface area contributed by atoms with Crippen LogP contribution in [0.3, 0.4) is 0 Å². The molecule has 0 spiro atoms. The first-order valence-corrected chi connectivity index (χ1v) is 9.07. The maximum absolute atomic E-state index is 3.78. The number of anilines is 2. The number of rotatable bonds is 1. The number of hydrogen-bond acceptors (Lipinski definition) is 2. The Hall–Kier alpha value is -2.00. The maximum atomic E-state index is 3.78. The molecule has 0 fully saturated rings. The minimum absolute atomic E-state index is 0. The highest BCUT2D eigenvalue weighted by molar-refractivity contribution is 9.10. The van der Waals surface area contributed by atoms with Crippen LogP contribution >= 0.6 is 15.9 Å². The van der Waals surface area contributed by atoms with Gasteiger partial charge in [0.25, 0.3) is 0 Å². The fourth-order valence-electron chi connectivity index (χ4n) is 2.86. The van der Waals surface area contributed by atoms with Crippen LogP contribution in [0.5, 0.6) is 0 Å². The molecule has 2 heterocycles. The largest absolute Gasteiger partial charge is 0.384 e. The predicted octanol–water partition coefficient (Wildman–Crippen LogP) is 6.54. The van der Waals surface area contributed by atoms with E-state index in [4.69, 9.17) is 0 Å². The molecule has 0 amide bonds. The summed E-state index contributed by atoms with van der Waals surface area (Å²) in [5, 5.41) is 6.64. The fraction of sp³-hybridized carbons (Fsp3) is 0.273. The predicted molar refractivity (Wildman–Crippen MR) is 118 cm³/mol. The van der Waals surface area contributed by atoms with Gasteiger partial charge in [-0.15, -0.1) is 6.58 Å². The minimum atomic E-state index is 0. The monoisotopic (exact) mass is 400 g/mol. The van der Waals surface area contributed by atoms with Gasteiger partial charge in [-0.3, -0.25) is 0 Å². The highest BCUT2D eigenvalue weighted by atomic mass is 79.9. The second-order valence-corrected chi connectivity index (χ2v) is 6.46. The van der Waals surface area contributed by atoms with Crippen LogP contribution in [0, 0.1) is 0 Å². The van der Waals surface area contributed by atoms with Gasteiger partial charge >= 0.3 is 0 Å². The summed E-state index contributed by atoms with van der Waals surface area (Å²) in [7, 11) is 0. The highest BCUT2D eigenvalue weighted by Gasteiger charge is 2.11. The first kappa shape index (κ1) is 21.0. The molecule has 0 saturated heterocycles. The molecule has 2 aromatic rings. The molecule has 0 atom stereocenters. The molecule has 2 aliphatic heterocycles. The molecule has 0 unspecified atom stereocenters. The summed E-state index contributed by atoms with van der Waals surface area (Å²) < 4.78 is 1.23. The zero-order chi connectivity index (χ0) is 17.4. The molecular formula is C22H29BrN2. The van der Waals surface area contributed by atoms with Crippen LogP contribution in [-0.4, -0.2) is 13.1 Å². The van der Waals surface area contributed by atoms with Crippen LogP contribution in [0.2, 0.25) is 0 Å². The van der Waals surface area contributed by atoms with Crippen LogP contribution in [0.4, 0.5) is 11.4 Å². The Morgan fingerprint density at radius 3 is 2.00 bits per heavy atom. The van der Waals surface area contributed by atoms with E-state index in [1.54, 1.807) is 6.08 Å². The molecule has 25 heavy (non-hydrogen) atoms. The van der Waals surface area contributed by atoms with Crippen LogP contribution in [0.25, 0.3) is 6.08 Å². The van der Waals surface area contributed by atoms with Gasteiger partial charge in [0.05, 0.1) is 0 Å². The molecule has 0 aliphatic carbocycles. The van der Waals surface area contributed by atoms with Crippen molar-refractivity contribution >= 4 is 33.4 Å². The Morgan fingerprint density at radius 1 is 0.920 bits per heavy atom. The first-order valence-electron chi connectivity index (χ1n) is 8.27. The molecule has 0 aromatic heterocycles. The minimum Gasteiger partial charge on any atom is -0.384 e. The molecule has 4 rings (SSSR count). The molecule has 134 valence electrons. The summed E-state index contributed by atoms with van der Waals surface area (Å²) in [4.78, 5) is 0. The van der Waals surface area contributed by atoms with Gasteiger partial charge in [-0.25, -0.2) is 0 Å². The quantitative estimate of drug-likeness (QED) is 0.530. The number of fused-ring (bicyclic) bond motifs is 2. The topological polar surface area (TPSA) is 24.1 Å². The first-order chi connectivity index (χ1) is 11.7. The number of halogens is 1. The SMILES string of the molecule is Brc1cccc2c1CCN2.C.C=CC.C=Cc1cccc2c1CCN2. The molecule has 0 radical (unpaired) electrons. The van der Waals surface area contributed by atoms with Crippen molar-refractivity contribution in [2.75, 3.05) is 23.7 Å². The van der Waals surface area contributed by atoms with Gasteiger partial charge in [-0.2, -0.15) is 0 Å². The molecule has 2 N–H and O–H groups in total. The van der Waals surface area contributed by atoms with Crippen LogP contribution in [0.1, 0.15) is 31.0 Å². The number of benzene rings is 2. The summed E-state index contributed by atoms with van der Waals surface area (Å²) >= 11 is 3.51. The number of nitrogens with one attached hydrogen (secondary N) is 2. The summed E-state index contributed by atoms with van der Waals surface area (Å²) in [5.74, 6) is 0. The number of allylic oxidation sites excluding steroid dienone is 1. The van der Waals surface area contributed by atoms with Crippen LogP contribution < -0.4 is 10.6 Å². The van der Waals surface area contributed by atoms with Crippen molar-refractivity contribution in [3.63, 3.8) is 0 Å². The molecule has 0 saturated carbocycles. The smallest absolute Gasteiger partial charge is 0.0384 e. The Labute approximate surface area is 161 Å². The van der Waals surface area contributed by atoms with Gasteiger partial charge in [0.15, 0.2) is 0 Å². The Kier molecular flexibility index (Phi) is 9.07. The van der Waals surface area contributed by atoms with Crippen molar-refractivity contribution in [2.24, 2.45) is 0 Å². The second kappa shape index (κ2) is 10.8. The zero-order valence-electron chi connectivity index (χ0n) is 14.2. The Morgan fingerprint density at radius 2 is 1.44 bits per heavy atom. The summed E-state index contributed by atoms with van der Waals surface area (Å²) in [5.41, 5.74) is 6.68. The van der Waals surface area contributed by atoms with Gasteiger partial charge < -0.3 is 10.6 Å². The molecule has 2 nitrogen and oxygen atoms in total. The van der Waals surface area contributed by atoms with E-state index >= 15 is 0 Å². The van der Waals surface area contributed by atoms with E-state index in [9.17, 15) is 0 Å². The van der Waals surface area contributed by atoms with Gasteiger partial charge in [0.1, 0.15) is 0 Å². The van der Waals surface area contributed by atoms with Gasteiger partial charge in [-0.05, 0) is 54.7 Å². The van der Waals surface area contributed by atoms with E-state index in [1.807, 2.05) is 13.0 Å². The van der Waals surface area contributed by atoms with Gasteiger partial charge in [0, 0.05) is 28.9 Å². The lowest BCUT2D eigenvalue weighted by atomic mass is 10.1. The lowest BCUT2D eigenvalue weighted by Gasteiger charge is -2.01. The summed E-state index contributed by atoms with van der Waals surface area (Å²) in [6.07, 6.45) is 5.96. The van der Waals surface area contributed by atoms with E-state index in [0.717, 1.165) is 25.9 Å². The second-order valence-electron chi connectivity index (χ2n) is 5.61. The van der Waals surface area contributed by atoms with Crippen molar-refractivity contribution in [2.45, 2.75) is 27.2 Å². The van der Waals surface area contributed by atoms with Gasteiger partial charge in [0.2, 0.25) is 0 Å². The molecule has 3 heteroatoms. The normalized spacial score (nSPS) is 12.4. The maximum Gasteiger partial charge on any atom is 0.0384 e. The Bertz CT molecular complexity index is 707. The zero-order valence-corrected chi connectivity index (χ0v) is 15.8. The summed E-state index contributed by atoms with van der Waals surface area (Å²) in [6.45, 7) is 11.2. The van der Waals surface area contributed by atoms with E-state index in [0.29, 0.717) is 0 Å². The fourth-order valence-corrected chi connectivity index (χ4v) is 3.43. The molecule has 2 aliphatic rings. The van der Waals surface area contributed by atoms with Crippen molar-refractivity contribution < 1.29 is 0 Å². The lowest BCUT2D eigenvalue weighted by molar-refractivity contribution is 1.10. The van der Waals surface area contributed by atoms with E-state index in [1.165, 1.54) is 32.5 Å². The van der Waals surface area contributed by atoms with Crippen molar-refractivity contribution in [1.82, 2.24) is 0 Å². The third kappa shape index (κ3) is 5.50. The molecular weight excluding hydrogens is 372 g/mol. The van der Waals surface area contributed by atoms with Gasteiger partial charge in [-0.1, -0.05) is 60.3 Å². The van der Waals surface area contributed by atoms with Crippen molar-refractivity contribution in [3.8, 4) is 0 Å². The third-order valence-electron chi connectivity index (χ3n) is 3.93. The van der Waals surface area contributed by atoms with Crippen molar-refractivity contribution in [1.29, 1.82) is 0 Å². The summed E-state index contributed by atoms with van der Waals surface area (Å²) in [6, 6.07) is 12.6. The molecule has 2 aromatic carbocycles. The Balaban J connectivity index is 0.000000210.